The van der Waals surface area contributed by atoms with Crippen molar-refractivity contribution in [1.29, 1.82) is 0 Å². The van der Waals surface area contributed by atoms with E-state index in [9.17, 15) is 4.79 Å². The number of imidazole rings is 1. The molecule has 19 heavy (non-hydrogen) atoms. The van der Waals surface area contributed by atoms with E-state index < -0.39 is 0 Å². The maximum atomic E-state index is 11.9. The molecular weight excluding hydrogens is 240 g/mol. The molecule has 92 valence electrons. The standard InChI is InChI=1S/C14H10N4O/c1-9-8-11(19)14-16-13(15-2)12(18(14)17-9)10-6-4-3-5-7-10/h3-8,17H,1H3. The van der Waals surface area contributed by atoms with Gasteiger partial charge in [0.05, 0.1) is 0 Å². The van der Waals surface area contributed by atoms with Gasteiger partial charge in [0.15, 0.2) is 0 Å². The monoisotopic (exact) mass is 250 g/mol. The smallest absolute Gasteiger partial charge is 0.298 e. The Kier molecular flexibility index (Phi) is 2.43. The van der Waals surface area contributed by atoms with Gasteiger partial charge in [0.1, 0.15) is 5.69 Å². The van der Waals surface area contributed by atoms with Crippen molar-refractivity contribution >= 4 is 11.5 Å². The fraction of sp³-hybridized carbons (Fsp3) is 0.0714. The normalized spacial score (nSPS) is 10.5. The number of nitrogens with one attached hydrogen (secondary N) is 1. The number of nitrogens with zero attached hydrogens (tertiary/aromatic N) is 3. The second-order valence-electron chi connectivity index (χ2n) is 4.22. The average molecular weight is 250 g/mol. The average Bonchev–Trinajstić information content (AvgIpc) is 2.78. The molecule has 1 N–H and O–H groups in total. The van der Waals surface area contributed by atoms with E-state index in [0.717, 1.165) is 11.3 Å². The number of benzene rings is 1. The van der Waals surface area contributed by atoms with Gasteiger partial charge in [-0.2, -0.15) is 0 Å². The summed E-state index contributed by atoms with van der Waals surface area (Å²) in [7, 11) is 0. The van der Waals surface area contributed by atoms with Crippen LogP contribution in [0.1, 0.15) is 5.69 Å². The van der Waals surface area contributed by atoms with Gasteiger partial charge < -0.3 is 4.85 Å². The first kappa shape index (κ1) is 11.2. The van der Waals surface area contributed by atoms with Crippen molar-refractivity contribution in [2.45, 2.75) is 6.92 Å². The molecule has 0 bridgehead atoms. The number of aromatic amines is 1. The number of H-pyrrole nitrogens is 1. The molecule has 0 unspecified atom stereocenters. The number of aromatic nitrogens is 3. The van der Waals surface area contributed by atoms with Gasteiger partial charge >= 0.3 is 0 Å². The molecule has 0 radical (unpaired) electrons. The highest BCUT2D eigenvalue weighted by Crippen LogP contribution is 2.29. The molecule has 0 aliphatic heterocycles. The summed E-state index contributed by atoms with van der Waals surface area (Å²) < 4.78 is 1.58. The fourth-order valence-electron chi connectivity index (χ4n) is 2.09. The molecule has 1 aromatic carbocycles. The van der Waals surface area contributed by atoms with E-state index in [0.29, 0.717) is 5.69 Å². The molecule has 2 heterocycles. The first-order valence-electron chi connectivity index (χ1n) is 5.76. The van der Waals surface area contributed by atoms with Gasteiger partial charge in [-0.25, -0.2) is 4.52 Å². The van der Waals surface area contributed by atoms with Crippen LogP contribution in [-0.2, 0) is 0 Å². The minimum absolute atomic E-state index is 0.191. The molecule has 0 saturated heterocycles. The van der Waals surface area contributed by atoms with Crippen LogP contribution in [-0.4, -0.2) is 14.6 Å². The molecule has 0 aliphatic rings. The van der Waals surface area contributed by atoms with Crippen LogP contribution in [0, 0.1) is 13.5 Å². The Morgan fingerprint density at radius 2 is 2.05 bits per heavy atom. The van der Waals surface area contributed by atoms with E-state index in [2.05, 4.69) is 14.9 Å². The number of rotatable bonds is 1. The lowest BCUT2D eigenvalue weighted by molar-refractivity contribution is 0.900. The van der Waals surface area contributed by atoms with Gasteiger partial charge in [0, 0.05) is 11.8 Å². The van der Waals surface area contributed by atoms with Crippen LogP contribution in [0.5, 0.6) is 0 Å². The summed E-state index contributed by atoms with van der Waals surface area (Å²) >= 11 is 0. The Morgan fingerprint density at radius 1 is 1.32 bits per heavy atom. The van der Waals surface area contributed by atoms with Gasteiger partial charge in [-0.1, -0.05) is 41.9 Å². The van der Waals surface area contributed by atoms with Crippen LogP contribution in [0.3, 0.4) is 0 Å². The Hall–Kier alpha value is -2.87. The summed E-state index contributed by atoms with van der Waals surface area (Å²) in [6.45, 7) is 9.02. The van der Waals surface area contributed by atoms with Gasteiger partial charge in [-0.15, -0.1) is 0 Å². The van der Waals surface area contributed by atoms with Crippen LogP contribution in [0.4, 0.5) is 5.82 Å². The summed E-state index contributed by atoms with van der Waals surface area (Å²) in [5, 5.41) is 3.06. The first-order chi connectivity index (χ1) is 9.20. The van der Waals surface area contributed by atoms with Crippen molar-refractivity contribution < 1.29 is 0 Å². The van der Waals surface area contributed by atoms with Crippen molar-refractivity contribution in [1.82, 2.24) is 14.6 Å². The number of hydrogen-bond acceptors (Lipinski definition) is 2. The molecule has 3 rings (SSSR count). The van der Waals surface area contributed by atoms with Gasteiger partial charge in [0.2, 0.25) is 5.43 Å². The van der Waals surface area contributed by atoms with Crippen molar-refractivity contribution in [2.75, 3.05) is 0 Å². The third-order valence-electron chi connectivity index (χ3n) is 2.87. The summed E-state index contributed by atoms with van der Waals surface area (Å²) in [5.74, 6) is 0.227. The molecule has 0 spiro atoms. The zero-order valence-corrected chi connectivity index (χ0v) is 10.2. The predicted octanol–water partition coefficient (Wildman–Crippen LogP) is 2.55. The van der Waals surface area contributed by atoms with Crippen LogP contribution >= 0.6 is 0 Å². The Labute approximate surface area is 109 Å². The second kappa shape index (κ2) is 4.10. The zero-order chi connectivity index (χ0) is 13.4. The topological polar surface area (TPSA) is 54.5 Å². The van der Waals surface area contributed by atoms with E-state index in [1.54, 1.807) is 11.4 Å². The second-order valence-corrected chi connectivity index (χ2v) is 4.22. The molecule has 0 amide bonds. The highest BCUT2D eigenvalue weighted by atomic mass is 16.1. The molecule has 2 aromatic heterocycles. The summed E-state index contributed by atoms with van der Waals surface area (Å²) in [4.78, 5) is 19.4. The molecule has 0 saturated carbocycles. The molecule has 5 nitrogen and oxygen atoms in total. The number of aryl methyl sites for hydroxylation is 1. The molecule has 0 fully saturated rings. The third kappa shape index (κ3) is 1.70. The Balaban J connectivity index is 2.47. The van der Waals surface area contributed by atoms with Crippen molar-refractivity contribution in [3.63, 3.8) is 0 Å². The molecule has 3 aromatic rings. The number of hydrogen-bond donors (Lipinski definition) is 1. The van der Waals surface area contributed by atoms with Crippen molar-refractivity contribution in [3.05, 3.63) is 63.7 Å². The van der Waals surface area contributed by atoms with E-state index >= 15 is 0 Å². The highest BCUT2D eigenvalue weighted by molar-refractivity contribution is 5.76. The lowest BCUT2D eigenvalue weighted by Crippen LogP contribution is -2.09. The van der Waals surface area contributed by atoms with Gasteiger partial charge in [-0.3, -0.25) is 9.89 Å². The van der Waals surface area contributed by atoms with Gasteiger partial charge in [0.25, 0.3) is 11.5 Å². The molecule has 5 heteroatoms. The molecular formula is C14H10N4O. The van der Waals surface area contributed by atoms with E-state index in [4.69, 9.17) is 6.57 Å². The Bertz CT molecular complexity index is 853. The SMILES string of the molecule is [C-]#[N+]c1nc2c(=O)cc(C)[nH]n2c1-c1ccccc1. The zero-order valence-electron chi connectivity index (χ0n) is 10.2. The van der Waals surface area contributed by atoms with E-state index in [-0.39, 0.29) is 16.9 Å². The lowest BCUT2D eigenvalue weighted by Gasteiger charge is -2.03. The van der Waals surface area contributed by atoms with Crippen LogP contribution < -0.4 is 5.43 Å². The van der Waals surface area contributed by atoms with Crippen LogP contribution in [0.15, 0.2) is 41.2 Å². The quantitative estimate of drug-likeness (QED) is 0.675. The largest absolute Gasteiger partial charge is 0.359 e. The molecule has 0 atom stereocenters. The highest BCUT2D eigenvalue weighted by Gasteiger charge is 2.18. The maximum Gasteiger partial charge on any atom is 0.298 e. The van der Waals surface area contributed by atoms with E-state index in [1.807, 2.05) is 30.3 Å². The summed E-state index contributed by atoms with van der Waals surface area (Å²) in [6.07, 6.45) is 0. The van der Waals surface area contributed by atoms with Gasteiger partial charge in [-0.05, 0) is 12.5 Å². The molecule has 0 aliphatic carbocycles. The lowest BCUT2D eigenvalue weighted by atomic mass is 10.1. The summed E-state index contributed by atoms with van der Waals surface area (Å²) in [5.41, 5.74) is 2.25. The van der Waals surface area contributed by atoms with E-state index in [1.165, 1.54) is 6.07 Å². The van der Waals surface area contributed by atoms with Crippen molar-refractivity contribution in [2.24, 2.45) is 0 Å². The minimum Gasteiger partial charge on any atom is -0.359 e. The predicted molar refractivity (Wildman–Crippen MR) is 72.2 cm³/mol. The van der Waals surface area contributed by atoms with Crippen LogP contribution in [0.25, 0.3) is 21.7 Å². The maximum absolute atomic E-state index is 11.9. The van der Waals surface area contributed by atoms with Crippen LogP contribution in [0.2, 0.25) is 0 Å². The Morgan fingerprint density at radius 3 is 2.74 bits per heavy atom. The first-order valence-corrected chi connectivity index (χ1v) is 5.76. The summed E-state index contributed by atoms with van der Waals surface area (Å²) in [6, 6.07) is 10.9. The fourth-order valence-corrected chi connectivity index (χ4v) is 2.09. The minimum atomic E-state index is -0.191. The number of fused-ring (bicyclic) bond motifs is 1. The van der Waals surface area contributed by atoms with Crippen molar-refractivity contribution in [3.8, 4) is 11.3 Å². The third-order valence-corrected chi connectivity index (χ3v) is 2.87.